The molecule has 5 nitrogen and oxygen atoms in total. The van der Waals surface area contributed by atoms with Crippen molar-refractivity contribution in [3.8, 4) is 5.75 Å². The molecule has 2 heterocycles. The van der Waals surface area contributed by atoms with Crippen LogP contribution in [0.1, 0.15) is 26.5 Å². The molecule has 148 valence electrons. The summed E-state index contributed by atoms with van der Waals surface area (Å²) in [6.45, 7) is 2.47. The molecule has 0 saturated heterocycles. The van der Waals surface area contributed by atoms with Crippen LogP contribution in [0.25, 0.3) is 0 Å². The third-order valence-corrected chi connectivity index (χ3v) is 6.04. The van der Waals surface area contributed by atoms with Gasteiger partial charge in [-0.05, 0) is 37.3 Å². The van der Waals surface area contributed by atoms with E-state index in [1.807, 2.05) is 49.4 Å². The molecule has 0 saturated carbocycles. The number of anilines is 1. The smallest absolute Gasteiger partial charge is 0.264 e. The Kier molecular flexibility index (Phi) is 5.22. The number of hydrogen-bond acceptors (Lipinski definition) is 5. The van der Waals surface area contributed by atoms with Crippen molar-refractivity contribution in [2.24, 2.45) is 0 Å². The van der Waals surface area contributed by atoms with Gasteiger partial charge < -0.3 is 14.7 Å². The third-order valence-electron chi connectivity index (χ3n) is 5.00. The number of amides is 1. The van der Waals surface area contributed by atoms with Gasteiger partial charge in [0, 0.05) is 10.4 Å². The topological polar surface area (TPSA) is 66.8 Å². The van der Waals surface area contributed by atoms with E-state index in [2.05, 4.69) is 0 Å². The number of nitrogens with zero attached hydrogens (tertiary/aromatic N) is 1. The lowest BCUT2D eigenvalue weighted by Crippen LogP contribution is -2.43. The van der Waals surface area contributed by atoms with Crippen molar-refractivity contribution in [1.29, 1.82) is 0 Å². The maximum Gasteiger partial charge on any atom is 0.264 e. The molecule has 3 aromatic rings. The number of rotatable bonds is 7. The quantitative estimate of drug-likeness (QED) is 0.603. The predicted octanol–water partition coefficient (Wildman–Crippen LogP) is 3.94. The highest BCUT2D eigenvalue weighted by Gasteiger charge is 2.50. The van der Waals surface area contributed by atoms with Crippen molar-refractivity contribution in [3.63, 3.8) is 0 Å². The van der Waals surface area contributed by atoms with Gasteiger partial charge in [0.15, 0.2) is 11.4 Å². The summed E-state index contributed by atoms with van der Waals surface area (Å²) in [5.74, 6) is -0.0148. The summed E-state index contributed by atoms with van der Waals surface area (Å²) in [4.78, 5) is 29.0. The molecular formula is C23H21NO4S. The Balaban J connectivity index is 1.54. The number of aliphatic hydroxyl groups is 1. The molecular weight excluding hydrogens is 386 g/mol. The number of carbonyl (C=O) groups is 2. The Morgan fingerprint density at radius 1 is 1.07 bits per heavy atom. The third kappa shape index (κ3) is 3.69. The van der Waals surface area contributed by atoms with Crippen LogP contribution in [0.5, 0.6) is 5.75 Å². The largest absolute Gasteiger partial charge is 0.492 e. The maximum atomic E-state index is 13.2. The molecule has 0 bridgehead atoms. The first-order valence-corrected chi connectivity index (χ1v) is 10.2. The minimum Gasteiger partial charge on any atom is -0.492 e. The predicted molar refractivity (Wildman–Crippen MR) is 113 cm³/mol. The van der Waals surface area contributed by atoms with E-state index in [0.29, 0.717) is 21.9 Å². The molecule has 0 fully saturated rings. The second kappa shape index (κ2) is 7.81. The normalized spacial score (nSPS) is 18.0. The van der Waals surface area contributed by atoms with Crippen molar-refractivity contribution in [3.05, 3.63) is 82.0 Å². The number of ketones is 1. The Labute approximate surface area is 173 Å². The molecule has 0 spiro atoms. The zero-order valence-corrected chi connectivity index (χ0v) is 16.8. The Bertz CT molecular complexity index is 1050. The zero-order valence-electron chi connectivity index (χ0n) is 16.0. The summed E-state index contributed by atoms with van der Waals surface area (Å²) in [5, 5.41) is 11.3. The van der Waals surface area contributed by atoms with Crippen molar-refractivity contribution in [2.45, 2.75) is 18.9 Å². The van der Waals surface area contributed by atoms with Crippen molar-refractivity contribution in [2.75, 3.05) is 18.1 Å². The van der Waals surface area contributed by atoms with Crippen LogP contribution in [0, 0.1) is 6.92 Å². The molecule has 6 heteroatoms. The summed E-state index contributed by atoms with van der Waals surface area (Å²) in [6.07, 6.45) is -0.279. The first kappa shape index (κ1) is 19.4. The van der Waals surface area contributed by atoms with E-state index < -0.39 is 11.5 Å². The van der Waals surface area contributed by atoms with Gasteiger partial charge in [-0.15, -0.1) is 11.3 Å². The fourth-order valence-electron chi connectivity index (χ4n) is 3.57. The van der Waals surface area contributed by atoms with Gasteiger partial charge in [0.05, 0.1) is 23.5 Å². The Morgan fingerprint density at radius 2 is 1.79 bits per heavy atom. The molecule has 29 heavy (non-hydrogen) atoms. The number of thiophene rings is 1. The SMILES string of the molecule is Cc1ccc(C(=O)C[C@@]2(O)C(=O)N(CCOc3ccccc3)c3ccccc32)s1. The second-order valence-electron chi connectivity index (χ2n) is 7.01. The molecule has 0 unspecified atom stereocenters. The van der Waals surface area contributed by atoms with E-state index in [9.17, 15) is 14.7 Å². The van der Waals surface area contributed by atoms with E-state index in [0.717, 1.165) is 4.88 Å². The van der Waals surface area contributed by atoms with E-state index in [4.69, 9.17) is 4.74 Å². The fourth-order valence-corrected chi connectivity index (χ4v) is 4.38. The molecule has 2 aromatic carbocycles. The molecule has 1 aromatic heterocycles. The van der Waals surface area contributed by atoms with Gasteiger partial charge in [0.1, 0.15) is 12.4 Å². The number of carbonyl (C=O) groups excluding carboxylic acids is 2. The number of fused-ring (bicyclic) bond motifs is 1. The number of benzene rings is 2. The molecule has 0 radical (unpaired) electrons. The molecule has 0 aliphatic carbocycles. The van der Waals surface area contributed by atoms with Crippen LogP contribution >= 0.6 is 11.3 Å². The summed E-state index contributed by atoms with van der Waals surface area (Å²) < 4.78 is 5.71. The van der Waals surface area contributed by atoms with E-state index >= 15 is 0 Å². The van der Waals surface area contributed by atoms with Crippen molar-refractivity contribution >= 4 is 28.7 Å². The number of aryl methyl sites for hydroxylation is 1. The monoisotopic (exact) mass is 407 g/mol. The van der Waals surface area contributed by atoms with Gasteiger partial charge in [-0.2, -0.15) is 0 Å². The molecule has 4 rings (SSSR count). The summed E-state index contributed by atoms with van der Waals surface area (Å²) in [5.41, 5.74) is -0.781. The summed E-state index contributed by atoms with van der Waals surface area (Å²) in [7, 11) is 0. The molecule has 1 aliphatic heterocycles. The van der Waals surface area contributed by atoms with Crippen LogP contribution in [0.15, 0.2) is 66.7 Å². The fraction of sp³-hybridized carbons (Fsp3) is 0.217. The molecule has 1 amide bonds. The number of Topliss-reactive ketones (excluding diaryl/α,β-unsaturated/α-hetero) is 1. The van der Waals surface area contributed by atoms with Gasteiger partial charge >= 0.3 is 0 Å². The van der Waals surface area contributed by atoms with E-state index in [1.165, 1.54) is 16.2 Å². The average molecular weight is 407 g/mol. The number of hydrogen-bond donors (Lipinski definition) is 1. The van der Waals surface area contributed by atoms with E-state index in [-0.39, 0.29) is 25.4 Å². The standard InChI is InChI=1S/C23H21NO4S/c1-16-11-12-21(29-16)20(25)15-23(27)18-9-5-6-10-19(18)24(22(23)26)13-14-28-17-7-3-2-4-8-17/h2-12,27H,13-15H2,1H3/t23-/m0/s1. The zero-order chi connectivity index (χ0) is 20.4. The van der Waals surface area contributed by atoms with Gasteiger partial charge in [0.2, 0.25) is 0 Å². The van der Waals surface area contributed by atoms with Gasteiger partial charge in [-0.25, -0.2) is 0 Å². The minimum atomic E-state index is -1.86. The van der Waals surface area contributed by atoms with Crippen LogP contribution in [-0.2, 0) is 10.4 Å². The second-order valence-corrected chi connectivity index (χ2v) is 8.29. The first-order valence-electron chi connectivity index (χ1n) is 9.40. The number of ether oxygens (including phenoxy) is 1. The summed E-state index contributed by atoms with van der Waals surface area (Å²) in [6, 6.07) is 20.0. The lowest BCUT2D eigenvalue weighted by molar-refractivity contribution is -0.135. The molecule has 1 aliphatic rings. The van der Waals surface area contributed by atoms with Gasteiger partial charge in [-0.3, -0.25) is 9.59 Å². The lowest BCUT2D eigenvalue weighted by Gasteiger charge is -2.22. The maximum absolute atomic E-state index is 13.2. The van der Waals surface area contributed by atoms with Crippen LogP contribution < -0.4 is 9.64 Å². The highest BCUT2D eigenvalue weighted by molar-refractivity contribution is 7.14. The lowest BCUT2D eigenvalue weighted by atomic mass is 9.89. The highest BCUT2D eigenvalue weighted by atomic mass is 32.1. The van der Waals surface area contributed by atoms with Crippen molar-refractivity contribution in [1.82, 2.24) is 0 Å². The van der Waals surface area contributed by atoms with Crippen molar-refractivity contribution < 1.29 is 19.4 Å². The molecule has 1 atom stereocenters. The van der Waals surface area contributed by atoms with Crippen LogP contribution in [0.2, 0.25) is 0 Å². The van der Waals surface area contributed by atoms with Crippen LogP contribution in [-0.4, -0.2) is 29.9 Å². The van der Waals surface area contributed by atoms with Gasteiger partial charge in [-0.1, -0.05) is 36.4 Å². The van der Waals surface area contributed by atoms with E-state index in [1.54, 1.807) is 24.3 Å². The first-order chi connectivity index (χ1) is 14.0. The highest BCUT2D eigenvalue weighted by Crippen LogP contribution is 2.43. The minimum absolute atomic E-state index is 0.240. The average Bonchev–Trinajstić information content (AvgIpc) is 3.25. The summed E-state index contributed by atoms with van der Waals surface area (Å²) >= 11 is 1.37. The number of para-hydroxylation sites is 2. The molecule has 1 N–H and O–H groups in total. The van der Waals surface area contributed by atoms with Crippen LogP contribution in [0.4, 0.5) is 5.69 Å². The Morgan fingerprint density at radius 3 is 2.52 bits per heavy atom. The Hall–Kier alpha value is -2.96. The van der Waals surface area contributed by atoms with Crippen LogP contribution in [0.3, 0.4) is 0 Å². The van der Waals surface area contributed by atoms with Gasteiger partial charge in [0.25, 0.3) is 5.91 Å².